The number of hydrogen-bond acceptors (Lipinski definition) is 4. The first-order valence-electron chi connectivity index (χ1n) is 8.77. The Morgan fingerprint density at radius 1 is 1.21 bits per heavy atom. The molecular formula is C21H20ClN3O3. The van der Waals surface area contributed by atoms with Crippen LogP contribution < -0.4 is 10.9 Å². The first-order chi connectivity index (χ1) is 13.3. The van der Waals surface area contributed by atoms with Crippen molar-refractivity contribution in [1.29, 1.82) is 0 Å². The zero-order valence-electron chi connectivity index (χ0n) is 15.5. The number of aromatic hydroxyl groups is 1. The SMILES string of the molecule is Cc1cc(Cc2cccc(O)c2)c(=O)n(C(C)C(=O)Nc2ccc(Cl)cc2)n1. The van der Waals surface area contributed by atoms with E-state index in [2.05, 4.69) is 10.4 Å². The molecule has 2 aromatic carbocycles. The van der Waals surface area contributed by atoms with Crippen LogP contribution in [0.1, 0.15) is 29.8 Å². The minimum Gasteiger partial charge on any atom is -0.508 e. The average molecular weight is 398 g/mol. The van der Waals surface area contributed by atoms with E-state index in [0.29, 0.717) is 28.4 Å². The molecule has 0 spiro atoms. The van der Waals surface area contributed by atoms with E-state index in [1.54, 1.807) is 62.4 Å². The van der Waals surface area contributed by atoms with Gasteiger partial charge in [0.25, 0.3) is 5.56 Å². The fourth-order valence-corrected chi connectivity index (χ4v) is 3.00. The molecule has 7 heteroatoms. The van der Waals surface area contributed by atoms with E-state index in [1.807, 2.05) is 6.07 Å². The highest BCUT2D eigenvalue weighted by Gasteiger charge is 2.20. The predicted octanol–water partition coefficient (Wildman–Crippen LogP) is 3.70. The van der Waals surface area contributed by atoms with E-state index < -0.39 is 6.04 Å². The quantitative estimate of drug-likeness (QED) is 0.687. The Morgan fingerprint density at radius 3 is 2.61 bits per heavy atom. The van der Waals surface area contributed by atoms with Gasteiger partial charge in [-0.3, -0.25) is 9.59 Å². The Kier molecular flexibility index (Phi) is 5.80. The monoisotopic (exact) mass is 397 g/mol. The van der Waals surface area contributed by atoms with Gasteiger partial charge in [-0.1, -0.05) is 23.7 Å². The summed E-state index contributed by atoms with van der Waals surface area (Å²) in [5.41, 5.74) is 2.17. The highest BCUT2D eigenvalue weighted by molar-refractivity contribution is 6.30. The molecule has 1 atom stereocenters. The Balaban J connectivity index is 1.86. The van der Waals surface area contributed by atoms with Gasteiger partial charge in [0.2, 0.25) is 5.91 Å². The summed E-state index contributed by atoms with van der Waals surface area (Å²) in [6.45, 7) is 3.39. The van der Waals surface area contributed by atoms with Crippen LogP contribution in [-0.2, 0) is 11.2 Å². The van der Waals surface area contributed by atoms with Crippen molar-refractivity contribution in [1.82, 2.24) is 9.78 Å². The Bertz CT molecular complexity index is 1060. The topological polar surface area (TPSA) is 84.2 Å². The number of halogens is 1. The first kappa shape index (κ1) is 19.6. The number of carbonyl (C=O) groups excluding carboxylic acids is 1. The first-order valence-corrected chi connectivity index (χ1v) is 9.15. The molecular weight excluding hydrogens is 378 g/mol. The molecule has 0 aliphatic rings. The van der Waals surface area contributed by atoms with Crippen molar-refractivity contribution >= 4 is 23.2 Å². The van der Waals surface area contributed by atoms with Crippen LogP contribution in [0.5, 0.6) is 5.75 Å². The Hall–Kier alpha value is -3.12. The number of phenolic OH excluding ortho intramolecular Hbond substituents is 1. The van der Waals surface area contributed by atoms with Crippen LogP contribution in [0, 0.1) is 6.92 Å². The summed E-state index contributed by atoms with van der Waals surface area (Å²) in [6, 6.07) is 14.4. The molecule has 1 heterocycles. The maximum absolute atomic E-state index is 12.9. The molecule has 3 aromatic rings. The van der Waals surface area contributed by atoms with Gasteiger partial charge in [0.05, 0.1) is 5.69 Å². The number of carbonyl (C=O) groups is 1. The van der Waals surface area contributed by atoms with Crippen LogP contribution in [-0.4, -0.2) is 20.8 Å². The van der Waals surface area contributed by atoms with Crippen LogP contribution in [0.4, 0.5) is 5.69 Å². The van der Waals surface area contributed by atoms with Crippen molar-refractivity contribution < 1.29 is 9.90 Å². The lowest BCUT2D eigenvalue weighted by Gasteiger charge is -2.16. The molecule has 6 nitrogen and oxygen atoms in total. The fraction of sp³-hybridized carbons (Fsp3) is 0.190. The number of nitrogens with one attached hydrogen (secondary N) is 1. The smallest absolute Gasteiger partial charge is 0.271 e. The van der Waals surface area contributed by atoms with E-state index in [4.69, 9.17) is 11.6 Å². The van der Waals surface area contributed by atoms with Gasteiger partial charge in [0, 0.05) is 22.7 Å². The fourth-order valence-electron chi connectivity index (χ4n) is 2.87. The minimum absolute atomic E-state index is 0.138. The lowest BCUT2D eigenvalue weighted by molar-refractivity contribution is -0.119. The second kappa shape index (κ2) is 8.27. The van der Waals surface area contributed by atoms with Gasteiger partial charge in [0.15, 0.2) is 0 Å². The maximum Gasteiger partial charge on any atom is 0.271 e. The predicted molar refractivity (Wildman–Crippen MR) is 109 cm³/mol. The third-order valence-electron chi connectivity index (χ3n) is 4.29. The van der Waals surface area contributed by atoms with Crippen LogP contribution in [0.2, 0.25) is 5.02 Å². The number of benzene rings is 2. The largest absolute Gasteiger partial charge is 0.508 e. The summed E-state index contributed by atoms with van der Waals surface area (Å²) in [5.74, 6) is -0.217. The van der Waals surface area contributed by atoms with Crippen molar-refractivity contribution in [3.63, 3.8) is 0 Å². The number of hydrogen-bond donors (Lipinski definition) is 2. The molecule has 0 saturated carbocycles. The Labute approximate surface area is 167 Å². The zero-order valence-corrected chi connectivity index (χ0v) is 16.3. The van der Waals surface area contributed by atoms with Crippen LogP contribution in [0.15, 0.2) is 59.4 Å². The number of nitrogens with zero attached hydrogens (tertiary/aromatic N) is 2. The third kappa shape index (κ3) is 4.58. The number of rotatable bonds is 5. The third-order valence-corrected chi connectivity index (χ3v) is 4.55. The highest BCUT2D eigenvalue weighted by atomic mass is 35.5. The van der Waals surface area contributed by atoms with Gasteiger partial charge in [-0.15, -0.1) is 0 Å². The van der Waals surface area contributed by atoms with Gasteiger partial charge >= 0.3 is 0 Å². The summed E-state index contributed by atoms with van der Waals surface area (Å²) in [5, 5.41) is 17.2. The number of phenols is 1. The van der Waals surface area contributed by atoms with Crippen LogP contribution in [0.3, 0.4) is 0 Å². The molecule has 1 amide bonds. The number of amides is 1. The van der Waals surface area contributed by atoms with Gasteiger partial charge < -0.3 is 10.4 Å². The second-order valence-electron chi connectivity index (χ2n) is 6.58. The van der Waals surface area contributed by atoms with Crippen molar-refractivity contribution in [3.05, 3.63) is 86.8 Å². The normalized spacial score (nSPS) is 11.8. The molecule has 0 saturated heterocycles. The highest BCUT2D eigenvalue weighted by Crippen LogP contribution is 2.16. The molecule has 0 aliphatic heterocycles. The van der Waals surface area contributed by atoms with Crippen molar-refractivity contribution in [3.8, 4) is 5.75 Å². The van der Waals surface area contributed by atoms with Crippen molar-refractivity contribution in [2.24, 2.45) is 0 Å². The van der Waals surface area contributed by atoms with E-state index in [1.165, 1.54) is 4.68 Å². The lowest BCUT2D eigenvalue weighted by atomic mass is 10.1. The molecule has 0 radical (unpaired) electrons. The van der Waals surface area contributed by atoms with E-state index in [-0.39, 0.29) is 17.2 Å². The summed E-state index contributed by atoms with van der Waals surface area (Å²) in [4.78, 5) is 25.5. The van der Waals surface area contributed by atoms with Crippen molar-refractivity contribution in [2.75, 3.05) is 5.32 Å². The lowest BCUT2D eigenvalue weighted by Crippen LogP contribution is -2.35. The van der Waals surface area contributed by atoms with E-state index in [0.717, 1.165) is 5.56 Å². The number of aromatic nitrogens is 2. The molecule has 1 aromatic heterocycles. The van der Waals surface area contributed by atoms with Gasteiger partial charge in [-0.05, 0) is 61.9 Å². The average Bonchev–Trinajstić information content (AvgIpc) is 2.65. The van der Waals surface area contributed by atoms with Crippen molar-refractivity contribution in [2.45, 2.75) is 26.3 Å². The standard InChI is InChI=1S/C21H20ClN3O3/c1-13-10-16(11-15-4-3-5-19(26)12-15)21(28)25(24-13)14(2)20(27)23-18-8-6-17(22)7-9-18/h3-10,12,14,26H,11H2,1-2H3,(H,23,27). The zero-order chi connectivity index (χ0) is 20.3. The van der Waals surface area contributed by atoms with Gasteiger partial charge in [-0.25, -0.2) is 4.68 Å². The molecule has 144 valence electrons. The van der Waals surface area contributed by atoms with Gasteiger partial charge in [-0.2, -0.15) is 5.10 Å². The molecule has 3 rings (SSSR count). The van der Waals surface area contributed by atoms with E-state index >= 15 is 0 Å². The van der Waals surface area contributed by atoms with Gasteiger partial charge in [0.1, 0.15) is 11.8 Å². The molecule has 0 bridgehead atoms. The van der Waals surface area contributed by atoms with Crippen LogP contribution >= 0.6 is 11.6 Å². The summed E-state index contributed by atoms with van der Waals surface area (Å²) in [7, 11) is 0. The molecule has 0 aliphatic carbocycles. The van der Waals surface area contributed by atoms with Crippen LogP contribution in [0.25, 0.3) is 0 Å². The Morgan fingerprint density at radius 2 is 1.93 bits per heavy atom. The molecule has 28 heavy (non-hydrogen) atoms. The molecule has 1 unspecified atom stereocenters. The van der Waals surface area contributed by atoms with E-state index in [9.17, 15) is 14.7 Å². The minimum atomic E-state index is -0.800. The summed E-state index contributed by atoms with van der Waals surface area (Å²) in [6.07, 6.45) is 0.335. The maximum atomic E-state index is 12.9. The summed E-state index contributed by atoms with van der Waals surface area (Å²) >= 11 is 5.85. The molecule has 0 fully saturated rings. The number of anilines is 1. The number of aryl methyl sites for hydroxylation is 1. The molecule has 2 N–H and O–H groups in total. The summed E-state index contributed by atoms with van der Waals surface area (Å²) < 4.78 is 1.19. The second-order valence-corrected chi connectivity index (χ2v) is 7.02.